The molecule has 3 heterocycles. The van der Waals surface area contributed by atoms with E-state index in [0.29, 0.717) is 61.3 Å². The molecule has 8 nitrogen and oxygen atoms in total. The minimum atomic E-state index is -0.849. The molecule has 2 aromatic heterocycles. The van der Waals surface area contributed by atoms with Crippen LogP contribution in [0.25, 0.3) is 22.4 Å². The molecule has 0 radical (unpaired) electrons. The van der Waals surface area contributed by atoms with Crippen LogP contribution in [0.15, 0.2) is 34.7 Å². The van der Waals surface area contributed by atoms with E-state index in [4.69, 9.17) is 21.0 Å². The van der Waals surface area contributed by atoms with Gasteiger partial charge >= 0.3 is 5.97 Å². The van der Waals surface area contributed by atoms with Gasteiger partial charge in [0, 0.05) is 42.7 Å². The van der Waals surface area contributed by atoms with Crippen LogP contribution in [-0.2, 0) is 15.0 Å². The highest BCUT2D eigenvalue weighted by molar-refractivity contribution is 6.30. The molecule has 0 unspecified atom stereocenters. The molecule has 1 saturated heterocycles. The molecule has 218 valence electrons. The molecule has 2 aliphatic rings. The van der Waals surface area contributed by atoms with Crippen molar-refractivity contribution < 1.29 is 28.3 Å². The lowest BCUT2D eigenvalue weighted by atomic mass is 9.86. The van der Waals surface area contributed by atoms with Gasteiger partial charge in [-0.05, 0) is 56.7 Å². The van der Waals surface area contributed by atoms with Gasteiger partial charge in [0.2, 0.25) is 5.91 Å². The third kappa shape index (κ3) is 5.56. The molecule has 1 N–H and O–H groups in total. The molecule has 0 spiro atoms. The molecular weight excluding hydrogens is 549 g/mol. The van der Waals surface area contributed by atoms with E-state index in [1.165, 1.54) is 12.1 Å². The van der Waals surface area contributed by atoms with Crippen LogP contribution >= 0.6 is 11.6 Å². The Kier molecular flexibility index (Phi) is 7.39. The van der Waals surface area contributed by atoms with E-state index in [1.54, 1.807) is 21.9 Å². The van der Waals surface area contributed by atoms with Gasteiger partial charge in [0.15, 0.2) is 11.3 Å². The second kappa shape index (κ2) is 10.4. The van der Waals surface area contributed by atoms with Gasteiger partial charge in [-0.25, -0.2) is 9.37 Å². The monoisotopic (exact) mass is 583 g/mol. The fourth-order valence-electron chi connectivity index (χ4n) is 6.03. The van der Waals surface area contributed by atoms with Gasteiger partial charge in [0.05, 0.1) is 22.2 Å². The molecule has 2 atom stereocenters. The molecular formula is C31H35ClFN3O5. The normalized spacial score (nSPS) is 21.0. The second-order valence-corrected chi connectivity index (χ2v) is 13.2. The number of hydrogen-bond donors (Lipinski definition) is 1. The number of fused-ring (bicyclic) bond motifs is 1. The summed E-state index contributed by atoms with van der Waals surface area (Å²) in [6, 6.07) is 8.01. The zero-order valence-electron chi connectivity index (χ0n) is 24.0. The second-order valence-electron chi connectivity index (χ2n) is 12.8. The Bertz CT molecular complexity index is 1540. The number of hydrogen-bond acceptors (Lipinski definition) is 5. The highest BCUT2D eigenvalue weighted by atomic mass is 35.5. The number of carboxylic acid groups (broad SMARTS) is 1. The zero-order valence-corrected chi connectivity index (χ0v) is 24.7. The third-order valence-electron chi connectivity index (χ3n) is 8.30. The van der Waals surface area contributed by atoms with E-state index in [-0.39, 0.29) is 33.9 Å². The van der Waals surface area contributed by atoms with Crippen LogP contribution in [0.3, 0.4) is 0 Å². The van der Waals surface area contributed by atoms with Crippen molar-refractivity contribution in [1.29, 1.82) is 0 Å². The number of furan rings is 1. The molecule has 2 amide bonds. The first-order valence-electron chi connectivity index (χ1n) is 13.9. The van der Waals surface area contributed by atoms with E-state index in [9.17, 15) is 23.9 Å². The summed E-state index contributed by atoms with van der Waals surface area (Å²) < 4.78 is 20.4. The Morgan fingerprint density at radius 1 is 1.10 bits per heavy atom. The van der Waals surface area contributed by atoms with Crippen molar-refractivity contribution >= 4 is 40.5 Å². The van der Waals surface area contributed by atoms with Crippen molar-refractivity contribution in [2.24, 2.45) is 11.8 Å². The molecule has 1 aliphatic heterocycles. The van der Waals surface area contributed by atoms with Crippen LogP contribution in [0.4, 0.5) is 4.39 Å². The number of aromatic nitrogens is 1. The molecule has 1 saturated carbocycles. The fourth-order valence-corrected chi connectivity index (χ4v) is 6.15. The fraction of sp³-hybridized carbons (Fsp3) is 0.484. The summed E-state index contributed by atoms with van der Waals surface area (Å²) in [6.45, 7) is 10.9. The molecule has 0 bridgehead atoms. The van der Waals surface area contributed by atoms with Crippen LogP contribution in [-0.4, -0.2) is 62.8 Å². The van der Waals surface area contributed by atoms with Crippen molar-refractivity contribution in [2.45, 2.75) is 64.8 Å². The number of rotatable bonds is 4. The summed E-state index contributed by atoms with van der Waals surface area (Å²) in [5.41, 5.74) is 1.89. The third-order valence-corrected chi connectivity index (χ3v) is 8.61. The van der Waals surface area contributed by atoms with E-state index >= 15 is 0 Å². The van der Waals surface area contributed by atoms with Crippen LogP contribution < -0.4 is 0 Å². The number of carboxylic acids is 1. The number of carbonyl (C=O) groups is 3. The Morgan fingerprint density at radius 3 is 2.41 bits per heavy atom. The molecule has 2 fully saturated rings. The molecule has 3 aromatic rings. The van der Waals surface area contributed by atoms with Gasteiger partial charge in [-0.1, -0.05) is 38.4 Å². The van der Waals surface area contributed by atoms with Crippen LogP contribution in [0, 0.1) is 17.7 Å². The maximum atomic E-state index is 14.2. The summed E-state index contributed by atoms with van der Waals surface area (Å²) in [5.74, 6) is -2.35. The maximum absolute atomic E-state index is 14.2. The number of halogens is 2. The van der Waals surface area contributed by atoms with E-state index in [2.05, 4.69) is 0 Å². The highest BCUT2D eigenvalue weighted by Crippen LogP contribution is 2.37. The zero-order chi connectivity index (χ0) is 29.9. The van der Waals surface area contributed by atoms with Gasteiger partial charge in [0.1, 0.15) is 11.3 Å². The Hall–Kier alpha value is -3.46. The first kappa shape index (κ1) is 29.0. The number of carbonyl (C=O) groups excluding carboxylic acids is 2. The number of nitrogens with zero attached hydrogens (tertiary/aromatic N) is 3. The van der Waals surface area contributed by atoms with E-state index in [0.717, 1.165) is 5.56 Å². The largest absolute Gasteiger partial charge is 0.481 e. The average Bonchev–Trinajstić information content (AvgIpc) is 3.55. The summed E-state index contributed by atoms with van der Waals surface area (Å²) in [7, 11) is 0. The SMILES string of the molecule is CC(C)(C)c1cc(-c2ccc(Cl)c(F)c2)nc2cc(C(=O)N3CCN(C(=O)[C@@H]4CC[C@H](C(=O)O)C4)CC3(C)C)oc12. The Balaban J connectivity index is 1.41. The first-order chi connectivity index (χ1) is 19.2. The standard InChI is InChI=1S/C31H35ClFN3O5/c1-30(2,3)20-14-23(17-8-9-21(32)22(33)13-17)34-24-15-25(41-26(20)24)28(38)36-11-10-35(16-31(36,4)5)27(37)18-6-7-19(12-18)29(39)40/h8-9,13-15,18-19H,6-7,10-12,16H2,1-5H3,(H,39,40)/t18-,19+/m1/s1. The topological polar surface area (TPSA) is 104 Å². The van der Waals surface area contributed by atoms with Crippen molar-refractivity contribution in [2.75, 3.05) is 19.6 Å². The van der Waals surface area contributed by atoms with Crippen LogP contribution in [0.5, 0.6) is 0 Å². The summed E-state index contributed by atoms with van der Waals surface area (Å²) in [4.78, 5) is 46.6. The van der Waals surface area contributed by atoms with E-state index in [1.807, 2.05) is 40.7 Å². The molecule has 1 aromatic carbocycles. The predicted octanol–water partition coefficient (Wildman–Crippen LogP) is 6.15. The van der Waals surface area contributed by atoms with Gasteiger partial charge in [-0.15, -0.1) is 0 Å². The number of benzene rings is 1. The Labute approximate surface area is 243 Å². The van der Waals surface area contributed by atoms with Gasteiger partial charge < -0.3 is 19.3 Å². The molecule has 41 heavy (non-hydrogen) atoms. The van der Waals surface area contributed by atoms with Gasteiger partial charge in [-0.3, -0.25) is 14.4 Å². The summed E-state index contributed by atoms with van der Waals surface area (Å²) in [5, 5.41) is 9.34. The van der Waals surface area contributed by atoms with E-state index < -0.39 is 23.2 Å². The summed E-state index contributed by atoms with van der Waals surface area (Å²) >= 11 is 5.88. The summed E-state index contributed by atoms with van der Waals surface area (Å²) in [6.07, 6.45) is 1.45. The molecule has 10 heteroatoms. The minimum Gasteiger partial charge on any atom is -0.481 e. The highest BCUT2D eigenvalue weighted by Gasteiger charge is 2.43. The maximum Gasteiger partial charge on any atom is 0.306 e. The quantitative estimate of drug-likeness (QED) is 0.395. The van der Waals surface area contributed by atoms with Gasteiger partial charge in [0.25, 0.3) is 5.91 Å². The average molecular weight is 584 g/mol. The van der Waals surface area contributed by atoms with Crippen molar-refractivity contribution in [3.63, 3.8) is 0 Å². The lowest BCUT2D eigenvalue weighted by Gasteiger charge is -2.47. The number of aliphatic carboxylic acids is 1. The van der Waals surface area contributed by atoms with Crippen molar-refractivity contribution in [3.05, 3.63) is 52.5 Å². The Morgan fingerprint density at radius 2 is 1.80 bits per heavy atom. The van der Waals surface area contributed by atoms with Crippen molar-refractivity contribution in [3.8, 4) is 11.3 Å². The molecule has 5 rings (SSSR count). The predicted molar refractivity (Wildman–Crippen MR) is 153 cm³/mol. The first-order valence-corrected chi connectivity index (χ1v) is 14.3. The van der Waals surface area contributed by atoms with Crippen LogP contribution in [0.1, 0.15) is 70.0 Å². The van der Waals surface area contributed by atoms with Crippen molar-refractivity contribution in [1.82, 2.24) is 14.8 Å². The van der Waals surface area contributed by atoms with Crippen LogP contribution in [0.2, 0.25) is 5.02 Å². The minimum absolute atomic E-state index is 0.0270. The smallest absolute Gasteiger partial charge is 0.306 e. The number of pyridine rings is 1. The number of amides is 2. The molecule has 1 aliphatic carbocycles. The van der Waals surface area contributed by atoms with Gasteiger partial charge in [-0.2, -0.15) is 0 Å². The number of piperazine rings is 1. The lowest BCUT2D eigenvalue weighted by molar-refractivity contribution is -0.142. The lowest BCUT2D eigenvalue weighted by Crippen LogP contribution is -2.62.